The van der Waals surface area contributed by atoms with E-state index in [1.165, 1.54) is 0 Å². The first-order chi connectivity index (χ1) is 9.95. The van der Waals surface area contributed by atoms with Crippen molar-refractivity contribution in [1.82, 2.24) is 0 Å². The van der Waals surface area contributed by atoms with Crippen LogP contribution in [0, 0.1) is 23.0 Å². The van der Waals surface area contributed by atoms with Crippen LogP contribution in [0.25, 0.3) is 0 Å². The van der Waals surface area contributed by atoms with Crippen LogP contribution >= 0.6 is 0 Å². The average molecular weight is 297 g/mol. The third-order valence-electron chi connectivity index (χ3n) is 3.95. The van der Waals surface area contributed by atoms with Gasteiger partial charge >= 0.3 is 0 Å². The molecule has 0 saturated heterocycles. The third kappa shape index (κ3) is 3.50. The molecule has 4 nitrogen and oxygen atoms in total. The van der Waals surface area contributed by atoms with Crippen molar-refractivity contribution in [3.63, 3.8) is 0 Å². The maximum Gasteiger partial charge on any atom is 0.150 e. The minimum absolute atomic E-state index is 0.0485. The number of hydrogen-bond donors (Lipinski definition) is 2. The molecule has 6 heteroatoms. The van der Waals surface area contributed by atoms with Gasteiger partial charge in [-0.2, -0.15) is 0 Å². The Kier molecular flexibility index (Phi) is 4.77. The van der Waals surface area contributed by atoms with Crippen molar-refractivity contribution in [3.05, 3.63) is 29.3 Å². The zero-order chi connectivity index (χ0) is 15.6. The van der Waals surface area contributed by atoms with Gasteiger partial charge < -0.3 is 15.4 Å². The zero-order valence-corrected chi connectivity index (χ0v) is 12.3. The lowest BCUT2D eigenvalue weighted by Crippen LogP contribution is -2.38. The monoisotopic (exact) mass is 297 g/mol. The summed E-state index contributed by atoms with van der Waals surface area (Å²) < 4.78 is 33.7. The van der Waals surface area contributed by atoms with Crippen LogP contribution in [0.15, 0.2) is 12.1 Å². The smallest absolute Gasteiger partial charge is 0.150 e. The van der Waals surface area contributed by atoms with E-state index in [0.717, 1.165) is 25.0 Å². The molecule has 1 aliphatic rings. The summed E-state index contributed by atoms with van der Waals surface area (Å²) in [5.74, 6) is -1.27. The van der Waals surface area contributed by atoms with Crippen LogP contribution in [0.5, 0.6) is 0 Å². The van der Waals surface area contributed by atoms with Crippen LogP contribution in [0.2, 0.25) is 0 Å². The molecule has 21 heavy (non-hydrogen) atoms. The number of ether oxygens (including phenoxy) is 1. The van der Waals surface area contributed by atoms with E-state index in [1.807, 2.05) is 6.92 Å². The zero-order valence-electron chi connectivity index (χ0n) is 12.3. The van der Waals surface area contributed by atoms with Gasteiger partial charge in [-0.1, -0.05) is 0 Å². The second-order valence-corrected chi connectivity index (χ2v) is 5.47. The highest BCUT2D eigenvalue weighted by Gasteiger charge is 2.34. The summed E-state index contributed by atoms with van der Waals surface area (Å²) in [5.41, 5.74) is 5.29. The fourth-order valence-electron chi connectivity index (χ4n) is 2.54. The SMILES string of the molecule is COCCN(c1c(F)cc(C(=N)N)cc1F)C(C)C1CC1. The number of rotatable bonds is 7. The van der Waals surface area contributed by atoms with Crippen molar-refractivity contribution in [1.29, 1.82) is 5.41 Å². The van der Waals surface area contributed by atoms with E-state index in [9.17, 15) is 8.78 Å². The summed E-state index contributed by atoms with van der Waals surface area (Å²) in [6.45, 7) is 2.79. The normalized spacial score (nSPS) is 15.8. The molecule has 0 heterocycles. The van der Waals surface area contributed by atoms with Crippen LogP contribution < -0.4 is 10.6 Å². The van der Waals surface area contributed by atoms with Crippen molar-refractivity contribution < 1.29 is 13.5 Å². The highest BCUT2D eigenvalue weighted by atomic mass is 19.1. The Bertz CT molecular complexity index is 509. The average Bonchev–Trinajstić information content (AvgIpc) is 3.25. The van der Waals surface area contributed by atoms with Gasteiger partial charge in [0.1, 0.15) is 23.2 Å². The fraction of sp³-hybridized carbons (Fsp3) is 0.533. The largest absolute Gasteiger partial charge is 0.384 e. The third-order valence-corrected chi connectivity index (χ3v) is 3.95. The first kappa shape index (κ1) is 15.7. The minimum atomic E-state index is -0.691. The fourth-order valence-corrected chi connectivity index (χ4v) is 2.54. The summed E-state index contributed by atoms with van der Waals surface area (Å²) in [6.07, 6.45) is 2.17. The van der Waals surface area contributed by atoms with Gasteiger partial charge in [0, 0.05) is 25.3 Å². The number of halogens is 2. The Morgan fingerprint density at radius 3 is 2.43 bits per heavy atom. The van der Waals surface area contributed by atoms with Gasteiger partial charge in [0.15, 0.2) is 0 Å². The number of amidine groups is 1. The predicted octanol–water partition coefficient (Wildman–Crippen LogP) is 2.50. The second kappa shape index (κ2) is 6.39. The van der Waals surface area contributed by atoms with Crippen molar-refractivity contribution in [3.8, 4) is 0 Å². The van der Waals surface area contributed by atoms with E-state index in [2.05, 4.69) is 0 Å². The summed E-state index contributed by atoms with van der Waals surface area (Å²) in [5, 5.41) is 7.29. The van der Waals surface area contributed by atoms with E-state index in [-0.39, 0.29) is 23.1 Å². The lowest BCUT2D eigenvalue weighted by atomic mass is 10.1. The molecule has 1 aromatic rings. The Morgan fingerprint density at radius 1 is 1.43 bits per heavy atom. The van der Waals surface area contributed by atoms with Gasteiger partial charge in [0.05, 0.1) is 6.61 Å². The van der Waals surface area contributed by atoms with Crippen LogP contribution in [0.3, 0.4) is 0 Å². The molecule has 1 atom stereocenters. The maximum absolute atomic E-state index is 14.3. The van der Waals surface area contributed by atoms with Crippen molar-refractivity contribution in [2.24, 2.45) is 11.7 Å². The van der Waals surface area contributed by atoms with E-state index in [0.29, 0.717) is 19.1 Å². The molecule has 0 aromatic heterocycles. The van der Waals surface area contributed by atoms with Crippen LogP contribution in [0.4, 0.5) is 14.5 Å². The molecule has 1 fully saturated rings. The molecule has 1 saturated carbocycles. The van der Waals surface area contributed by atoms with Crippen LogP contribution in [-0.2, 0) is 4.74 Å². The maximum atomic E-state index is 14.3. The summed E-state index contributed by atoms with van der Waals surface area (Å²) in [4.78, 5) is 1.72. The van der Waals surface area contributed by atoms with Crippen LogP contribution in [0.1, 0.15) is 25.3 Å². The number of nitrogen functional groups attached to an aromatic ring is 1. The molecule has 2 rings (SSSR count). The number of benzene rings is 1. The van der Waals surface area contributed by atoms with Crippen molar-refractivity contribution in [2.75, 3.05) is 25.2 Å². The van der Waals surface area contributed by atoms with Gasteiger partial charge in [-0.05, 0) is 37.8 Å². The van der Waals surface area contributed by atoms with Crippen molar-refractivity contribution >= 4 is 11.5 Å². The number of nitrogens with zero attached hydrogens (tertiary/aromatic N) is 1. The number of methoxy groups -OCH3 is 1. The number of nitrogens with one attached hydrogen (secondary N) is 1. The molecular weight excluding hydrogens is 276 g/mol. The number of anilines is 1. The minimum Gasteiger partial charge on any atom is -0.384 e. The molecule has 1 aromatic carbocycles. The van der Waals surface area contributed by atoms with Crippen LogP contribution in [-0.4, -0.2) is 32.1 Å². The summed E-state index contributed by atoms with van der Waals surface area (Å²) >= 11 is 0. The van der Waals surface area contributed by atoms with Gasteiger partial charge in [-0.3, -0.25) is 5.41 Å². The van der Waals surface area contributed by atoms with E-state index < -0.39 is 11.6 Å². The standard InChI is InChI=1S/C15H21F2N3O/c1-9(10-3-4-10)20(5-6-21-2)14-12(16)7-11(15(18)19)8-13(14)17/h7-10H,3-6H2,1-2H3,(H3,18,19). The predicted molar refractivity (Wildman–Crippen MR) is 78.8 cm³/mol. The molecule has 0 spiro atoms. The van der Waals surface area contributed by atoms with Crippen molar-refractivity contribution in [2.45, 2.75) is 25.8 Å². The lowest BCUT2D eigenvalue weighted by molar-refractivity contribution is 0.202. The topological polar surface area (TPSA) is 62.3 Å². The Balaban J connectivity index is 2.36. The van der Waals surface area contributed by atoms with Gasteiger partial charge in [-0.15, -0.1) is 0 Å². The first-order valence-electron chi connectivity index (χ1n) is 7.04. The lowest BCUT2D eigenvalue weighted by Gasteiger charge is -2.32. The van der Waals surface area contributed by atoms with Gasteiger partial charge in [0.25, 0.3) is 0 Å². The molecular formula is C15H21F2N3O. The summed E-state index contributed by atoms with van der Waals surface area (Å²) in [6, 6.07) is 2.27. The Labute approximate surface area is 123 Å². The molecule has 0 aliphatic heterocycles. The molecule has 1 unspecified atom stereocenters. The highest BCUT2D eigenvalue weighted by molar-refractivity contribution is 5.95. The highest BCUT2D eigenvalue weighted by Crippen LogP contribution is 2.38. The first-order valence-corrected chi connectivity index (χ1v) is 7.04. The molecule has 1 aliphatic carbocycles. The Morgan fingerprint density at radius 2 is 2.00 bits per heavy atom. The van der Waals surface area contributed by atoms with E-state index >= 15 is 0 Å². The summed E-state index contributed by atoms with van der Waals surface area (Å²) in [7, 11) is 1.56. The molecule has 0 amide bonds. The number of hydrogen-bond acceptors (Lipinski definition) is 3. The quantitative estimate of drug-likeness (QED) is 0.600. The molecule has 0 radical (unpaired) electrons. The van der Waals surface area contributed by atoms with Gasteiger partial charge in [0.2, 0.25) is 0 Å². The van der Waals surface area contributed by atoms with E-state index in [4.69, 9.17) is 15.9 Å². The van der Waals surface area contributed by atoms with E-state index in [1.54, 1.807) is 12.0 Å². The number of nitrogens with two attached hydrogens (primary N) is 1. The Hall–Kier alpha value is -1.69. The van der Waals surface area contributed by atoms with Gasteiger partial charge in [-0.25, -0.2) is 8.78 Å². The molecule has 116 valence electrons. The molecule has 3 N–H and O–H groups in total. The second-order valence-electron chi connectivity index (χ2n) is 5.47. The molecule has 0 bridgehead atoms.